The van der Waals surface area contributed by atoms with Gasteiger partial charge in [0.25, 0.3) is 0 Å². The largest absolute Gasteiger partial charge is 0.397 e. The summed E-state index contributed by atoms with van der Waals surface area (Å²) in [5.41, 5.74) is 6.23. The quantitative estimate of drug-likeness (QED) is 0.528. The van der Waals surface area contributed by atoms with E-state index in [2.05, 4.69) is 4.98 Å². The molecule has 0 aliphatic rings. The van der Waals surface area contributed by atoms with Crippen LogP contribution in [0.4, 0.5) is 15.8 Å². The molecule has 1 aromatic carbocycles. The number of aromatic nitrogens is 1. The average molecular weight is 279 g/mol. The van der Waals surface area contributed by atoms with Crippen LogP contribution in [0.15, 0.2) is 41.6 Å². The maximum atomic E-state index is 13.4. The summed E-state index contributed by atoms with van der Waals surface area (Å²) < 4.78 is 13.4. The summed E-state index contributed by atoms with van der Waals surface area (Å²) in [4.78, 5) is 13.8. The summed E-state index contributed by atoms with van der Waals surface area (Å²) in [6.45, 7) is 0. The molecule has 0 radical (unpaired) electrons. The van der Waals surface area contributed by atoms with Crippen molar-refractivity contribution in [2.45, 2.75) is 10.8 Å². The van der Waals surface area contributed by atoms with E-state index in [0.29, 0.717) is 17.0 Å². The first-order valence-corrected chi connectivity index (χ1v) is 6.32. The van der Waals surface area contributed by atoms with Gasteiger partial charge in [-0.1, -0.05) is 6.07 Å². The molecular weight excluding hydrogens is 269 g/mol. The number of nitrogens with two attached hydrogens (primary N) is 1. The van der Waals surface area contributed by atoms with Crippen molar-refractivity contribution < 1.29 is 9.31 Å². The van der Waals surface area contributed by atoms with Gasteiger partial charge in [-0.15, -0.1) is 11.8 Å². The number of thioether (sulfide) groups is 1. The van der Waals surface area contributed by atoms with Crippen LogP contribution in [-0.4, -0.2) is 9.91 Å². The molecule has 19 heavy (non-hydrogen) atoms. The topological polar surface area (TPSA) is 82.0 Å². The van der Waals surface area contributed by atoms with E-state index in [9.17, 15) is 14.5 Å². The van der Waals surface area contributed by atoms with E-state index in [0.717, 1.165) is 5.03 Å². The highest BCUT2D eigenvalue weighted by Crippen LogP contribution is 2.24. The molecule has 0 amide bonds. The van der Waals surface area contributed by atoms with E-state index in [4.69, 9.17) is 5.73 Å². The molecule has 1 heterocycles. The highest BCUT2D eigenvalue weighted by atomic mass is 32.2. The number of benzene rings is 1. The van der Waals surface area contributed by atoms with Crippen LogP contribution in [0.25, 0.3) is 0 Å². The van der Waals surface area contributed by atoms with Crippen molar-refractivity contribution >= 4 is 23.1 Å². The molecule has 0 bridgehead atoms. The molecule has 5 nitrogen and oxygen atoms in total. The number of rotatable bonds is 4. The zero-order valence-corrected chi connectivity index (χ0v) is 10.6. The van der Waals surface area contributed by atoms with Gasteiger partial charge in [-0.05, 0) is 23.8 Å². The Morgan fingerprint density at radius 1 is 1.37 bits per heavy atom. The number of hydrogen-bond donors (Lipinski definition) is 1. The third kappa shape index (κ3) is 3.41. The second kappa shape index (κ2) is 5.66. The molecule has 0 unspecified atom stereocenters. The summed E-state index contributed by atoms with van der Waals surface area (Å²) >= 11 is 1.40. The minimum atomic E-state index is -0.826. The maximum Gasteiger partial charge on any atom is 0.304 e. The van der Waals surface area contributed by atoms with Crippen LogP contribution in [0.2, 0.25) is 0 Å². The predicted octanol–water partition coefficient (Wildman–Crippen LogP) is 3.00. The lowest BCUT2D eigenvalue weighted by Gasteiger charge is -2.02. The van der Waals surface area contributed by atoms with Crippen molar-refractivity contribution in [3.8, 4) is 0 Å². The Balaban J connectivity index is 2.06. The lowest BCUT2D eigenvalue weighted by Crippen LogP contribution is -1.93. The molecule has 98 valence electrons. The molecule has 0 fully saturated rings. The molecule has 0 aliphatic carbocycles. The van der Waals surface area contributed by atoms with Gasteiger partial charge in [0.15, 0.2) is 0 Å². The van der Waals surface area contributed by atoms with Gasteiger partial charge in [0.1, 0.15) is 0 Å². The molecular formula is C12H10FN3O2S. The molecule has 0 saturated heterocycles. The summed E-state index contributed by atoms with van der Waals surface area (Å²) in [6, 6.07) is 7.36. The fourth-order valence-electron chi connectivity index (χ4n) is 1.42. The summed E-state index contributed by atoms with van der Waals surface area (Å²) in [5.74, 6) is -0.348. The van der Waals surface area contributed by atoms with Crippen LogP contribution >= 0.6 is 11.8 Å². The van der Waals surface area contributed by atoms with Crippen LogP contribution in [-0.2, 0) is 5.75 Å². The molecule has 2 N–H and O–H groups in total. The Morgan fingerprint density at radius 3 is 2.74 bits per heavy atom. The van der Waals surface area contributed by atoms with Crippen molar-refractivity contribution in [3.63, 3.8) is 0 Å². The van der Waals surface area contributed by atoms with Crippen molar-refractivity contribution in [3.05, 3.63) is 58.0 Å². The van der Waals surface area contributed by atoms with Gasteiger partial charge in [0.2, 0.25) is 5.82 Å². The first-order valence-electron chi connectivity index (χ1n) is 5.33. The zero-order chi connectivity index (χ0) is 13.8. The number of nitrogen functional groups attached to an aromatic ring is 1. The molecule has 0 spiro atoms. The van der Waals surface area contributed by atoms with Crippen molar-refractivity contribution in [1.29, 1.82) is 0 Å². The molecule has 2 aromatic rings. The van der Waals surface area contributed by atoms with Crippen molar-refractivity contribution in [2.75, 3.05) is 5.73 Å². The molecule has 1 aromatic heterocycles. The van der Waals surface area contributed by atoms with E-state index >= 15 is 0 Å². The van der Waals surface area contributed by atoms with Gasteiger partial charge < -0.3 is 5.73 Å². The number of hydrogen-bond acceptors (Lipinski definition) is 5. The molecule has 7 heteroatoms. The SMILES string of the molecule is Nc1ccc(SCc2ccc([N+](=O)[O-])c(F)c2)nc1. The Labute approximate surface area is 112 Å². The smallest absolute Gasteiger partial charge is 0.304 e. The van der Waals surface area contributed by atoms with Crippen molar-refractivity contribution in [1.82, 2.24) is 4.98 Å². The minimum absolute atomic E-state index is 0.478. The fraction of sp³-hybridized carbons (Fsp3) is 0.0833. The summed E-state index contributed by atoms with van der Waals surface area (Å²) in [6.07, 6.45) is 1.54. The van der Waals surface area contributed by atoms with Crippen LogP contribution in [0.5, 0.6) is 0 Å². The lowest BCUT2D eigenvalue weighted by atomic mass is 10.2. The third-order valence-electron chi connectivity index (χ3n) is 2.35. The molecule has 0 saturated carbocycles. The molecule has 0 aliphatic heterocycles. The second-order valence-corrected chi connectivity index (χ2v) is 4.76. The lowest BCUT2D eigenvalue weighted by molar-refractivity contribution is -0.387. The number of halogens is 1. The second-order valence-electron chi connectivity index (χ2n) is 3.76. The van der Waals surface area contributed by atoms with E-state index in [-0.39, 0.29) is 0 Å². The highest BCUT2D eigenvalue weighted by molar-refractivity contribution is 7.98. The van der Waals surface area contributed by atoms with Gasteiger partial charge >= 0.3 is 5.69 Å². The van der Waals surface area contributed by atoms with E-state index < -0.39 is 16.4 Å². The summed E-state index contributed by atoms with van der Waals surface area (Å²) in [7, 11) is 0. The number of nitro benzene ring substituents is 1. The highest BCUT2D eigenvalue weighted by Gasteiger charge is 2.13. The van der Waals surface area contributed by atoms with Gasteiger partial charge in [-0.2, -0.15) is 4.39 Å². The minimum Gasteiger partial charge on any atom is -0.397 e. The van der Waals surface area contributed by atoms with Gasteiger partial charge in [0.05, 0.1) is 21.8 Å². The third-order valence-corrected chi connectivity index (χ3v) is 3.37. The van der Waals surface area contributed by atoms with E-state index in [1.807, 2.05) is 0 Å². The van der Waals surface area contributed by atoms with Crippen LogP contribution in [0.3, 0.4) is 0 Å². The average Bonchev–Trinajstić information content (AvgIpc) is 2.37. The van der Waals surface area contributed by atoms with Crippen LogP contribution in [0.1, 0.15) is 5.56 Å². The fourth-order valence-corrected chi connectivity index (χ4v) is 2.21. The van der Waals surface area contributed by atoms with E-state index in [1.54, 1.807) is 18.3 Å². The van der Waals surface area contributed by atoms with Gasteiger partial charge in [0, 0.05) is 11.8 Å². The number of pyridine rings is 1. The monoisotopic (exact) mass is 279 g/mol. The number of nitro groups is 1. The standard InChI is InChI=1S/C12H10FN3O2S/c13-10-5-8(1-3-11(10)16(17)18)7-19-12-4-2-9(14)6-15-12/h1-6H,7,14H2. The molecule has 2 rings (SSSR count). The van der Waals surface area contributed by atoms with Gasteiger partial charge in [-0.3, -0.25) is 10.1 Å². The molecule has 0 atom stereocenters. The Kier molecular flexibility index (Phi) is 3.96. The Bertz CT molecular complexity index is 604. The Hall–Kier alpha value is -2.15. The number of nitrogens with zero attached hydrogens (tertiary/aromatic N) is 2. The first kappa shape index (κ1) is 13.3. The van der Waals surface area contributed by atoms with Crippen molar-refractivity contribution in [2.24, 2.45) is 0 Å². The normalized spacial score (nSPS) is 10.4. The van der Waals surface area contributed by atoms with E-state index in [1.165, 1.54) is 30.0 Å². The first-order chi connectivity index (χ1) is 9.06. The van der Waals surface area contributed by atoms with Crippen LogP contribution < -0.4 is 5.73 Å². The maximum absolute atomic E-state index is 13.4. The predicted molar refractivity (Wildman–Crippen MR) is 71.3 cm³/mol. The zero-order valence-electron chi connectivity index (χ0n) is 9.75. The van der Waals surface area contributed by atoms with Gasteiger partial charge in [-0.25, -0.2) is 4.98 Å². The number of anilines is 1. The van der Waals surface area contributed by atoms with Crippen LogP contribution in [0, 0.1) is 15.9 Å². The summed E-state index contributed by atoms with van der Waals surface area (Å²) in [5, 5.41) is 11.2. The Morgan fingerprint density at radius 2 is 2.16 bits per heavy atom.